The fourth-order valence-corrected chi connectivity index (χ4v) is 4.85. The second-order valence-electron chi connectivity index (χ2n) is 8.28. The van der Waals surface area contributed by atoms with Gasteiger partial charge in [-0.2, -0.15) is 5.10 Å². The van der Waals surface area contributed by atoms with Gasteiger partial charge in [-0.25, -0.2) is 9.48 Å². The SMILES string of the molecule is COCCn1nc2n(c1=O)CCC1(CC2)CCN(C(=O)C2CC=CC2)CC1. The van der Waals surface area contributed by atoms with Gasteiger partial charge in [0.1, 0.15) is 5.82 Å². The molecular weight excluding hydrogens is 344 g/mol. The summed E-state index contributed by atoms with van der Waals surface area (Å²) in [5.74, 6) is 1.41. The smallest absolute Gasteiger partial charge is 0.345 e. The lowest BCUT2D eigenvalue weighted by molar-refractivity contribution is -0.137. The number of aryl methyl sites for hydroxylation is 1. The van der Waals surface area contributed by atoms with Gasteiger partial charge in [0.2, 0.25) is 5.91 Å². The van der Waals surface area contributed by atoms with Crippen LogP contribution in [0.2, 0.25) is 0 Å². The lowest BCUT2D eigenvalue weighted by Gasteiger charge is -2.42. The number of carbonyl (C=O) groups is 1. The van der Waals surface area contributed by atoms with Crippen molar-refractivity contribution in [2.75, 3.05) is 26.8 Å². The van der Waals surface area contributed by atoms with E-state index in [2.05, 4.69) is 22.2 Å². The molecule has 27 heavy (non-hydrogen) atoms. The monoisotopic (exact) mass is 374 g/mol. The van der Waals surface area contributed by atoms with Crippen LogP contribution in [0.4, 0.5) is 0 Å². The first kappa shape index (κ1) is 18.5. The summed E-state index contributed by atoms with van der Waals surface area (Å²) in [5, 5.41) is 4.54. The zero-order chi connectivity index (χ0) is 18.9. The topological polar surface area (TPSA) is 69.4 Å². The van der Waals surface area contributed by atoms with Crippen molar-refractivity contribution < 1.29 is 9.53 Å². The van der Waals surface area contributed by atoms with Crippen LogP contribution in [0, 0.1) is 11.3 Å². The number of rotatable bonds is 4. The van der Waals surface area contributed by atoms with Gasteiger partial charge >= 0.3 is 5.69 Å². The molecule has 1 aromatic rings. The third-order valence-corrected chi connectivity index (χ3v) is 6.74. The van der Waals surface area contributed by atoms with E-state index in [1.165, 1.54) is 4.68 Å². The molecule has 0 unspecified atom stereocenters. The van der Waals surface area contributed by atoms with E-state index in [4.69, 9.17) is 4.74 Å². The molecule has 1 aromatic heterocycles. The quantitative estimate of drug-likeness (QED) is 0.751. The highest BCUT2D eigenvalue weighted by Crippen LogP contribution is 2.41. The second kappa shape index (κ2) is 7.62. The predicted molar refractivity (Wildman–Crippen MR) is 101 cm³/mol. The summed E-state index contributed by atoms with van der Waals surface area (Å²) in [4.78, 5) is 27.3. The van der Waals surface area contributed by atoms with Crippen LogP contribution in [-0.4, -0.2) is 52.0 Å². The highest BCUT2D eigenvalue weighted by molar-refractivity contribution is 5.79. The standard InChI is InChI=1S/C20H30N4O3/c1-27-15-14-24-19(26)23-13-10-20(7-6-17(23)21-24)8-11-22(12-9-20)18(25)16-4-2-3-5-16/h2-3,16H,4-15H2,1H3. The van der Waals surface area contributed by atoms with Crippen LogP contribution in [0.3, 0.4) is 0 Å². The van der Waals surface area contributed by atoms with E-state index in [1.807, 2.05) is 4.57 Å². The molecule has 1 amide bonds. The molecule has 7 heteroatoms. The summed E-state index contributed by atoms with van der Waals surface area (Å²) in [5.41, 5.74) is 0.232. The predicted octanol–water partition coefficient (Wildman–Crippen LogP) is 1.60. The maximum Gasteiger partial charge on any atom is 0.345 e. The average molecular weight is 374 g/mol. The molecule has 0 radical (unpaired) electrons. The summed E-state index contributed by atoms with van der Waals surface area (Å²) in [7, 11) is 1.64. The number of nitrogens with zero attached hydrogens (tertiary/aromatic N) is 4. The molecule has 0 atom stereocenters. The molecular formula is C20H30N4O3. The lowest BCUT2D eigenvalue weighted by Crippen LogP contribution is -2.45. The van der Waals surface area contributed by atoms with Crippen LogP contribution in [0.5, 0.6) is 0 Å². The van der Waals surface area contributed by atoms with Crippen molar-refractivity contribution in [2.45, 2.75) is 58.0 Å². The fourth-order valence-electron chi connectivity index (χ4n) is 4.85. The summed E-state index contributed by atoms with van der Waals surface area (Å²) in [6, 6.07) is 0. The van der Waals surface area contributed by atoms with Gasteiger partial charge < -0.3 is 9.64 Å². The molecule has 0 aromatic carbocycles. The Morgan fingerprint density at radius 1 is 1.19 bits per heavy atom. The number of hydrogen-bond donors (Lipinski definition) is 0. The first-order chi connectivity index (χ1) is 13.1. The molecule has 3 aliphatic rings. The zero-order valence-electron chi connectivity index (χ0n) is 16.2. The summed E-state index contributed by atoms with van der Waals surface area (Å²) in [6.07, 6.45) is 11.0. The molecule has 0 saturated carbocycles. The number of amides is 1. The third kappa shape index (κ3) is 3.61. The number of piperidine rings is 1. The van der Waals surface area contributed by atoms with Crippen LogP contribution in [-0.2, 0) is 29.0 Å². The number of fused-ring (bicyclic) bond motifs is 1. The minimum atomic E-state index is -0.0135. The van der Waals surface area contributed by atoms with Gasteiger partial charge in [0.25, 0.3) is 0 Å². The Balaban J connectivity index is 1.37. The van der Waals surface area contributed by atoms with Gasteiger partial charge in [0, 0.05) is 39.1 Å². The van der Waals surface area contributed by atoms with Crippen molar-refractivity contribution in [1.82, 2.24) is 19.2 Å². The van der Waals surface area contributed by atoms with Gasteiger partial charge in [0.15, 0.2) is 0 Å². The van der Waals surface area contributed by atoms with Gasteiger partial charge in [0.05, 0.1) is 13.2 Å². The van der Waals surface area contributed by atoms with E-state index >= 15 is 0 Å². The molecule has 0 bridgehead atoms. The number of likely N-dealkylation sites (tertiary alicyclic amines) is 1. The Bertz CT molecular complexity index is 763. The molecule has 3 heterocycles. The van der Waals surface area contributed by atoms with Crippen LogP contribution in [0.25, 0.3) is 0 Å². The summed E-state index contributed by atoms with van der Waals surface area (Å²) >= 11 is 0. The maximum atomic E-state index is 12.7. The molecule has 1 spiro atoms. The number of aromatic nitrogens is 3. The lowest BCUT2D eigenvalue weighted by atomic mass is 9.72. The van der Waals surface area contributed by atoms with E-state index in [9.17, 15) is 9.59 Å². The molecule has 7 nitrogen and oxygen atoms in total. The highest BCUT2D eigenvalue weighted by atomic mass is 16.5. The molecule has 0 N–H and O–H groups in total. The number of methoxy groups -OCH3 is 1. The van der Waals surface area contributed by atoms with Crippen molar-refractivity contribution >= 4 is 5.91 Å². The van der Waals surface area contributed by atoms with Crippen molar-refractivity contribution in [3.8, 4) is 0 Å². The third-order valence-electron chi connectivity index (χ3n) is 6.74. The van der Waals surface area contributed by atoms with Crippen molar-refractivity contribution in [3.05, 3.63) is 28.5 Å². The summed E-state index contributed by atoms with van der Waals surface area (Å²) in [6.45, 7) is 3.46. The molecule has 148 valence electrons. The van der Waals surface area contributed by atoms with Crippen LogP contribution in [0.15, 0.2) is 16.9 Å². The fraction of sp³-hybridized carbons (Fsp3) is 0.750. The van der Waals surface area contributed by atoms with Gasteiger partial charge in [-0.15, -0.1) is 0 Å². The Hall–Kier alpha value is -1.89. The average Bonchev–Trinajstić information content (AvgIpc) is 3.28. The summed E-state index contributed by atoms with van der Waals surface area (Å²) < 4.78 is 8.46. The zero-order valence-corrected chi connectivity index (χ0v) is 16.2. The molecule has 1 aliphatic carbocycles. The minimum Gasteiger partial charge on any atom is -0.383 e. The number of allylic oxidation sites excluding steroid dienone is 2. The Morgan fingerprint density at radius 2 is 1.89 bits per heavy atom. The van der Waals surface area contributed by atoms with Crippen LogP contribution < -0.4 is 5.69 Å². The second-order valence-corrected chi connectivity index (χ2v) is 8.28. The number of hydrogen-bond acceptors (Lipinski definition) is 4. The van der Waals surface area contributed by atoms with Gasteiger partial charge in [-0.3, -0.25) is 9.36 Å². The van der Waals surface area contributed by atoms with Crippen molar-refractivity contribution in [3.63, 3.8) is 0 Å². The Morgan fingerprint density at radius 3 is 2.59 bits per heavy atom. The van der Waals surface area contributed by atoms with Crippen LogP contribution >= 0.6 is 0 Å². The molecule has 1 saturated heterocycles. The maximum absolute atomic E-state index is 12.7. The van der Waals surface area contributed by atoms with Crippen molar-refractivity contribution in [2.24, 2.45) is 11.3 Å². The van der Waals surface area contributed by atoms with E-state index in [1.54, 1.807) is 7.11 Å². The first-order valence-corrected chi connectivity index (χ1v) is 10.2. The van der Waals surface area contributed by atoms with E-state index in [-0.39, 0.29) is 17.0 Å². The van der Waals surface area contributed by atoms with Gasteiger partial charge in [-0.1, -0.05) is 12.2 Å². The van der Waals surface area contributed by atoms with Gasteiger partial charge in [-0.05, 0) is 43.9 Å². The molecule has 2 aliphatic heterocycles. The highest BCUT2D eigenvalue weighted by Gasteiger charge is 2.39. The Labute approximate surface area is 160 Å². The van der Waals surface area contributed by atoms with Crippen LogP contribution in [0.1, 0.15) is 44.3 Å². The molecule has 4 rings (SSSR count). The number of ether oxygens (including phenoxy) is 1. The van der Waals surface area contributed by atoms with Crippen molar-refractivity contribution in [1.29, 1.82) is 0 Å². The number of carbonyl (C=O) groups excluding carboxylic acids is 1. The first-order valence-electron chi connectivity index (χ1n) is 10.2. The normalized spacial score (nSPS) is 22.2. The largest absolute Gasteiger partial charge is 0.383 e. The van der Waals surface area contributed by atoms with E-state index in [0.717, 1.165) is 70.4 Å². The molecule has 1 fully saturated rings. The Kier molecular flexibility index (Phi) is 5.21. The van der Waals surface area contributed by atoms with E-state index in [0.29, 0.717) is 19.1 Å². The minimum absolute atomic E-state index is 0.0135. The van der Waals surface area contributed by atoms with E-state index < -0.39 is 0 Å².